The van der Waals surface area contributed by atoms with Crippen LogP contribution in [0, 0.1) is 0 Å². The highest BCUT2D eigenvalue weighted by Crippen LogP contribution is 1.97. The molecule has 102 valence electrons. The third-order valence-corrected chi connectivity index (χ3v) is 2.88. The van der Waals surface area contributed by atoms with Gasteiger partial charge in [-0.15, -0.1) is 0 Å². The van der Waals surface area contributed by atoms with Gasteiger partial charge < -0.3 is 10.5 Å². The molecule has 0 saturated heterocycles. The zero-order chi connectivity index (χ0) is 13.5. The Kier molecular flexibility index (Phi) is 7.09. The van der Waals surface area contributed by atoms with Gasteiger partial charge in [0.05, 0.1) is 6.10 Å². The minimum absolute atomic E-state index is 0.175. The summed E-state index contributed by atoms with van der Waals surface area (Å²) < 4.78 is 31.7. The first-order valence-corrected chi connectivity index (χ1v) is 6.99. The van der Waals surface area contributed by atoms with Gasteiger partial charge in [-0.05, 0) is 20.3 Å². The highest BCUT2D eigenvalue weighted by atomic mass is 32.2. The van der Waals surface area contributed by atoms with Gasteiger partial charge in [0.1, 0.15) is 0 Å². The lowest BCUT2D eigenvalue weighted by atomic mass is 10.2. The van der Waals surface area contributed by atoms with Crippen LogP contribution in [-0.4, -0.2) is 33.2 Å². The first-order valence-electron chi connectivity index (χ1n) is 5.51. The Hall–Kier alpha value is -0.860. The van der Waals surface area contributed by atoms with Crippen LogP contribution in [0.3, 0.4) is 0 Å². The summed E-state index contributed by atoms with van der Waals surface area (Å²) in [5, 5.41) is 0. The molecular weight excluding hydrogens is 246 g/mol. The molecule has 0 aromatic heterocycles. The zero-order valence-electron chi connectivity index (χ0n) is 10.4. The lowest BCUT2D eigenvalue weighted by Gasteiger charge is -2.16. The molecule has 0 fully saturated rings. The first kappa shape index (κ1) is 16.1. The summed E-state index contributed by atoms with van der Waals surface area (Å²) >= 11 is 0. The Morgan fingerprint density at radius 1 is 1.41 bits per heavy atom. The van der Waals surface area contributed by atoms with E-state index in [1.165, 1.54) is 0 Å². The second kappa shape index (κ2) is 7.46. The first-order chi connectivity index (χ1) is 7.80. The van der Waals surface area contributed by atoms with Crippen molar-refractivity contribution in [1.29, 1.82) is 0 Å². The van der Waals surface area contributed by atoms with E-state index in [0.717, 1.165) is 6.42 Å². The summed E-state index contributed by atoms with van der Waals surface area (Å²) in [7, 11) is -3.91. The Balaban J connectivity index is 4.32. The number of carbonyl (C=O) groups is 1. The highest BCUT2D eigenvalue weighted by Gasteiger charge is 2.19. The normalized spacial score (nSPS) is 13.5. The Morgan fingerprint density at radius 2 is 2.00 bits per heavy atom. The predicted octanol–water partition coefficient (Wildman–Crippen LogP) is 0.0828. The molecule has 0 aliphatic heterocycles. The second-order valence-corrected chi connectivity index (χ2v) is 5.35. The van der Waals surface area contributed by atoms with Gasteiger partial charge in [0.25, 0.3) is 0 Å². The number of hydrogen-bond acceptors (Lipinski definition) is 5. The molecule has 0 heterocycles. The van der Waals surface area contributed by atoms with Gasteiger partial charge in [0.2, 0.25) is 0 Å². The van der Waals surface area contributed by atoms with E-state index < -0.39 is 16.3 Å². The molecular formula is C9H21N3O4S. The van der Waals surface area contributed by atoms with E-state index in [0.29, 0.717) is 6.42 Å². The van der Waals surface area contributed by atoms with Crippen LogP contribution in [-0.2, 0) is 14.9 Å². The average molecular weight is 267 g/mol. The van der Waals surface area contributed by atoms with Crippen molar-refractivity contribution in [2.75, 3.05) is 6.54 Å². The van der Waals surface area contributed by atoms with Crippen LogP contribution in [0.4, 0.5) is 4.79 Å². The van der Waals surface area contributed by atoms with Crippen molar-refractivity contribution >= 4 is 16.3 Å². The fraction of sp³-hybridized carbons (Fsp3) is 0.889. The molecule has 17 heavy (non-hydrogen) atoms. The number of rotatable bonds is 7. The van der Waals surface area contributed by atoms with E-state index in [1.54, 1.807) is 18.6 Å². The number of amides is 1. The molecule has 1 amide bonds. The summed E-state index contributed by atoms with van der Waals surface area (Å²) in [5.41, 5.74) is 5.41. The molecule has 0 aromatic carbocycles. The van der Waals surface area contributed by atoms with Crippen LogP contribution >= 0.6 is 0 Å². The van der Waals surface area contributed by atoms with Crippen LogP contribution < -0.4 is 15.2 Å². The molecule has 1 atom stereocenters. The van der Waals surface area contributed by atoms with Gasteiger partial charge in [0, 0.05) is 12.6 Å². The molecule has 0 bridgehead atoms. The average Bonchev–Trinajstić information content (AvgIpc) is 2.14. The smallest absolute Gasteiger partial charge is 0.422 e. The van der Waals surface area contributed by atoms with Crippen LogP contribution in [0.5, 0.6) is 0 Å². The third kappa shape index (κ3) is 7.94. The standard InChI is InChI=1S/C9H21N3O4S/c1-4-5-8(6-10)11-17(14,15)12-9(13)16-7(2)3/h7-8,11H,4-6,10H2,1-3H3,(H,12,13). The monoisotopic (exact) mass is 267 g/mol. The quantitative estimate of drug-likeness (QED) is 0.605. The van der Waals surface area contributed by atoms with Crippen molar-refractivity contribution in [3.05, 3.63) is 0 Å². The number of nitrogens with two attached hydrogens (primary N) is 1. The lowest BCUT2D eigenvalue weighted by Crippen LogP contribution is -2.48. The summed E-state index contributed by atoms with van der Waals surface area (Å²) in [6.07, 6.45) is 0.0169. The van der Waals surface area contributed by atoms with Crippen LogP contribution in [0.15, 0.2) is 0 Å². The number of nitrogens with one attached hydrogen (secondary N) is 2. The molecule has 0 radical (unpaired) electrons. The number of ether oxygens (including phenoxy) is 1. The van der Waals surface area contributed by atoms with E-state index in [2.05, 4.69) is 9.46 Å². The van der Waals surface area contributed by atoms with E-state index in [1.807, 2.05) is 6.92 Å². The Morgan fingerprint density at radius 3 is 2.41 bits per heavy atom. The van der Waals surface area contributed by atoms with Crippen molar-refractivity contribution < 1.29 is 17.9 Å². The second-order valence-electron chi connectivity index (χ2n) is 3.90. The van der Waals surface area contributed by atoms with Crippen LogP contribution in [0.1, 0.15) is 33.6 Å². The van der Waals surface area contributed by atoms with Crippen LogP contribution in [0.25, 0.3) is 0 Å². The molecule has 4 N–H and O–H groups in total. The molecule has 0 aliphatic rings. The van der Waals surface area contributed by atoms with Gasteiger partial charge in [-0.25, -0.2) is 9.52 Å². The fourth-order valence-electron chi connectivity index (χ4n) is 1.17. The SMILES string of the molecule is CCCC(CN)NS(=O)(=O)NC(=O)OC(C)C. The van der Waals surface area contributed by atoms with Gasteiger partial charge in [0.15, 0.2) is 0 Å². The zero-order valence-corrected chi connectivity index (χ0v) is 11.2. The highest BCUT2D eigenvalue weighted by molar-refractivity contribution is 7.88. The largest absolute Gasteiger partial charge is 0.446 e. The summed E-state index contributed by atoms with van der Waals surface area (Å²) in [5.74, 6) is 0. The minimum atomic E-state index is -3.91. The molecule has 1 unspecified atom stereocenters. The van der Waals surface area contributed by atoms with Crippen molar-refractivity contribution in [2.45, 2.75) is 45.8 Å². The summed E-state index contributed by atoms with van der Waals surface area (Å²) in [6, 6.07) is -0.385. The fourth-order valence-corrected chi connectivity index (χ4v) is 2.15. The topological polar surface area (TPSA) is 111 Å². The molecule has 8 heteroatoms. The van der Waals surface area contributed by atoms with Gasteiger partial charge in [-0.1, -0.05) is 13.3 Å². The molecule has 0 saturated carbocycles. The maximum atomic E-state index is 11.5. The van der Waals surface area contributed by atoms with E-state index >= 15 is 0 Å². The van der Waals surface area contributed by atoms with Crippen molar-refractivity contribution in [3.63, 3.8) is 0 Å². The molecule has 0 aliphatic carbocycles. The van der Waals surface area contributed by atoms with E-state index in [9.17, 15) is 13.2 Å². The van der Waals surface area contributed by atoms with Gasteiger partial charge in [-0.2, -0.15) is 13.1 Å². The third-order valence-electron chi connectivity index (χ3n) is 1.80. The number of hydrogen-bond donors (Lipinski definition) is 3. The molecule has 0 rings (SSSR count). The molecule has 0 aromatic rings. The molecule has 0 spiro atoms. The molecule has 7 nitrogen and oxygen atoms in total. The van der Waals surface area contributed by atoms with Gasteiger partial charge in [-0.3, -0.25) is 0 Å². The van der Waals surface area contributed by atoms with Gasteiger partial charge >= 0.3 is 16.3 Å². The lowest BCUT2D eigenvalue weighted by molar-refractivity contribution is 0.121. The maximum Gasteiger partial charge on any atom is 0.422 e. The van der Waals surface area contributed by atoms with Crippen molar-refractivity contribution in [1.82, 2.24) is 9.44 Å². The Bertz CT molecular complexity index is 329. The van der Waals surface area contributed by atoms with E-state index in [-0.39, 0.29) is 18.7 Å². The summed E-state index contributed by atoms with van der Waals surface area (Å²) in [6.45, 7) is 5.34. The Labute approximate surface area is 102 Å². The minimum Gasteiger partial charge on any atom is -0.446 e. The van der Waals surface area contributed by atoms with Crippen molar-refractivity contribution in [2.24, 2.45) is 5.73 Å². The maximum absolute atomic E-state index is 11.5. The van der Waals surface area contributed by atoms with Crippen molar-refractivity contribution in [3.8, 4) is 0 Å². The van der Waals surface area contributed by atoms with Crippen LogP contribution in [0.2, 0.25) is 0 Å². The predicted molar refractivity (Wildman–Crippen MR) is 64.6 cm³/mol. The number of carbonyl (C=O) groups excluding carboxylic acids is 1. The summed E-state index contributed by atoms with van der Waals surface area (Å²) in [4.78, 5) is 11.1. The van der Waals surface area contributed by atoms with E-state index in [4.69, 9.17) is 5.73 Å².